The number of methoxy groups -OCH3 is 3. The summed E-state index contributed by atoms with van der Waals surface area (Å²) < 4.78 is 21.9. The lowest BCUT2D eigenvalue weighted by Gasteiger charge is -2.28. The number of guanidine groups is 1. The third kappa shape index (κ3) is 4.89. The molecular formula is C25H30N6O4S. The number of rotatable bonds is 7. The van der Waals surface area contributed by atoms with E-state index in [1.807, 2.05) is 37.4 Å². The number of anilines is 3. The van der Waals surface area contributed by atoms with Gasteiger partial charge in [-0.15, -0.1) is 0 Å². The standard InChI is InChI=1S/C25H30N6O4S/c1-15-17(5-6-22(27-15)31-7-9-35-10-8-31)29-25-26-13-21-23(30-25)18(14-36-21)28-16-11-19(32-2)24(34-4)20(12-16)33-3/h5-6,11-14,23,28H,7-10H2,1-4H3,(H2,26,29,30). The molecule has 190 valence electrons. The van der Waals surface area contributed by atoms with Crippen LogP contribution in [0.5, 0.6) is 17.2 Å². The molecule has 0 radical (unpaired) electrons. The van der Waals surface area contributed by atoms with Crippen LogP contribution in [0.1, 0.15) is 5.69 Å². The number of nitrogens with zero attached hydrogens (tertiary/aromatic N) is 3. The Morgan fingerprint density at radius 2 is 1.81 bits per heavy atom. The van der Waals surface area contributed by atoms with Crippen LogP contribution in [0.25, 0.3) is 0 Å². The largest absolute Gasteiger partial charge is 0.493 e. The summed E-state index contributed by atoms with van der Waals surface area (Å²) in [4.78, 5) is 12.7. The first-order chi connectivity index (χ1) is 17.6. The molecule has 1 aromatic carbocycles. The van der Waals surface area contributed by atoms with Crippen LogP contribution >= 0.6 is 11.8 Å². The van der Waals surface area contributed by atoms with Crippen LogP contribution in [0.2, 0.25) is 0 Å². The summed E-state index contributed by atoms with van der Waals surface area (Å²) in [5.41, 5.74) is 3.64. The van der Waals surface area contributed by atoms with Gasteiger partial charge in [0.05, 0.1) is 45.9 Å². The molecule has 0 saturated carbocycles. The Bertz CT molecular complexity index is 1200. The van der Waals surface area contributed by atoms with Crippen LogP contribution in [-0.4, -0.2) is 64.6 Å². The lowest BCUT2D eigenvalue weighted by molar-refractivity contribution is 0.122. The molecule has 11 heteroatoms. The zero-order valence-corrected chi connectivity index (χ0v) is 21.6. The molecule has 5 rings (SSSR count). The van der Waals surface area contributed by atoms with Crippen LogP contribution in [0.4, 0.5) is 17.2 Å². The summed E-state index contributed by atoms with van der Waals surface area (Å²) in [6, 6.07) is 7.79. The van der Waals surface area contributed by atoms with Gasteiger partial charge in [0.15, 0.2) is 11.5 Å². The molecule has 3 N–H and O–H groups in total. The maximum atomic E-state index is 5.49. The molecule has 0 amide bonds. The molecule has 36 heavy (non-hydrogen) atoms. The predicted octanol–water partition coefficient (Wildman–Crippen LogP) is 3.53. The fourth-order valence-electron chi connectivity index (χ4n) is 4.24. The van der Waals surface area contributed by atoms with E-state index in [9.17, 15) is 0 Å². The highest BCUT2D eigenvalue weighted by Crippen LogP contribution is 2.42. The van der Waals surface area contributed by atoms with Gasteiger partial charge in [0, 0.05) is 47.7 Å². The smallest absolute Gasteiger partial charge is 0.203 e. The summed E-state index contributed by atoms with van der Waals surface area (Å²) in [5.74, 6) is 3.36. The number of ether oxygens (including phenoxy) is 4. The van der Waals surface area contributed by atoms with Crippen molar-refractivity contribution in [2.24, 2.45) is 4.99 Å². The number of aliphatic imine (C=N–C) groups is 1. The Balaban J connectivity index is 1.28. The van der Waals surface area contributed by atoms with E-state index in [1.54, 1.807) is 33.1 Å². The highest BCUT2D eigenvalue weighted by molar-refractivity contribution is 8.06. The Kier molecular flexibility index (Phi) is 7.10. The van der Waals surface area contributed by atoms with Gasteiger partial charge in [-0.05, 0) is 24.5 Å². The van der Waals surface area contributed by atoms with E-state index in [2.05, 4.69) is 31.3 Å². The molecule has 0 bridgehead atoms. The summed E-state index contributed by atoms with van der Waals surface area (Å²) in [7, 11) is 4.80. The molecule has 10 nitrogen and oxygen atoms in total. The van der Waals surface area contributed by atoms with Crippen molar-refractivity contribution >= 4 is 34.9 Å². The maximum absolute atomic E-state index is 5.49. The second kappa shape index (κ2) is 10.6. The number of hydrogen-bond donors (Lipinski definition) is 3. The molecule has 1 fully saturated rings. The minimum Gasteiger partial charge on any atom is -0.493 e. The fourth-order valence-corrected chi connectivity index (χ4v) is 5.14. The van der Waals surface area contributed by atoms with Gasteiger partial charge in [-0.25, -0.2) is 9.98 Å². The van der Waals surface area contributed by atoms with Crippen molar-refractivity contribution in [3.63, 3.8) is 0 Å². The normalized spacial score (nSPS) is 18.8. The SMILES string of the molecule is COc1cc(NC2=CSC3=CN=C(Nc4ccc(N5CCOCC5)nc4C)NC23)cc(OC)c1OC. The number of nitrogens with one attached hydrogen (secondary N) is 3. The highest BCUT2D eigenvalue weighted by atomic mass is 32.2. The van der Waals surface area contributed by atoms with E-state index < -0.39 is 0 Å². The average Bonchev–Trinajstić information content (AvgIpc) is 3.31. The summed E-state index contributed by atoms with van der Waals surface area (Å²) >= 11 is 1.63. The van der Waals surface area contributed by atoms with Gasteiger partial charge in [-0.3, -0.25) is 0 Å². The van der Waals surface area contributed by atoms with E-state index in [-0.39, 0.29) is 6.04 Å². The molecule has 1 saturated heterocycles. The van der Waals surface area contributed by atoms with Gasteiger partial charge in [0.25, 0.3) is 0 Å². The molecule has 3 aliphatic heterocycles. The number of hydrogen-bond acceptors (Lipinski definition) is 11. The number of aromatic nitrogens is 1. The van der Waals surface area contributed by atoms with E-state index in [0.717, 1.165) is 59.8 Å². The lowest BCUT2D eigenvalue weighted by atomic mass is 10.2. The zero-order chi connectivity index (χ0) is 25.1. The van der Waals surface area contributed by atoms with Crippen LogP contribution in [-0.2, 0) is 4.74 Å². The first-order valence-electron chi connectivity index (χ1n) is 11.6. The zero-order valence-electron chi connectivity index (χ0n) is 20.8. The minimum atomic E-state index is -0.0602. The number of aryl methyl sites for hydroxylation is 1. The van der Waals surface area contributed by atoms with Crippen LogP contribution in [0, 0.1) is 6.92 Å². The number of benzene rings is 1. The van der Waals surface area contributed by atoms with E-state index in [1.165, 1.54) is 0 Å². The van der Waals surface area contributed by atoms with Gasteiger partial charge in [0.2, 0.25) is 11.7 Å². The van der Waals surface area contributed by atoms with Crippen molar-refractivity contribution in [3.8, 4) is 17.2 Å². The highest BCUT2D eigenvalue weighted by Gasteiger charge is 2.29. The third-order valence-corrected chi connectivity index (χ3v) is 7.12. The van der Waals surface area contributed by atoms with Crippen molar-refractivity contribution in [1.29, 1.82) is 0 Å². The number of pyridine rings is 1. The molecule has 1 unspecified atom stereocenters. The van der Waals surface area contributed by atoms with Gasteiger partial charge >= 0.3 is 0 Å². The van der Waals surface area contributed by atoms with Crippen LogP contribution < -0.4 is 35.1 Å². The Hall–Kier alpha value is -3.57. The summed E-state index contributed by atoms with van der Waals surface area (Å²) in [6.45, 7) is 5.17. The second-order valence-corrected chi connectivity index (χ2v) is 9.29. The van der Waals surface area contributed by atoms with Gasteiger partial charge in [-0.2, -0.15) is 0 Å². The van der Waals surface area contributed by atoms with Gasteiger partial charge in [-0.1, -0.05) is 11.8 Å². The molecule has 4 heterocycles. The van der Waals surface area contributed by atoms with E-state index in [4.69, 9.17) is 23.9 Å². The maximum Gasteiger partial charge on any atom is 0.203 e. The lowest BCUT2D eigenvalue weighted by Crippen LogP contribution is -2.43. The van der Waals surface area contributed by atoms with Crippen molar-refractivity contribution in [3.05, 3.63) is 52.2 Å². The Morgan fingerprint density at radius 1 is 1.06 bits per heavy atom. The molecule has 3 aliphatic rings. The Labute approximate surface area is 214 Å². The third-order valence-electron chi connectivity index (χ3n) is 6.13. The molecule has 0 aliphatic carbocycles. The molecule has 0 spiro atoms. The first-order valence-corrected chi connectivity index (χ1v) is 12.5. The number of thioether (sulfide) groups is 1. The van der Waals surface area contributed by atoms with Gasteiger partial charge < -0.3 is 39.8 Å². The second-order valence-electron chi connectivity index (χ2n) is 8.34. The molecule has 1 aromatic heterocycles. The van der Waals surface area contributed by atoms with Gasteiger partial charge in [0.1, 0.15) is 11.9 Å². The average molecular weight is 511 g/mol. The van der Waals surface area contributed by atoms with Crippen molar-refractivity contribution in [1.82, 2.24) is 10.3 Å². The quantitative estimate of drug-likeness (QED) is 0.513. The monoisotopic (exact) mass is 510 g/mol. The minimum absolute atomic E-state index is 0.0602. The predicted molar refractivity (Wildman–Crippen MR) is 143 cm³/mol. The van der Waals surface area contributed by atoms with Crippen LogP contribution in [0.15, 0.2) is 51.5 Å². The first kappa shape index (κ1) is 24.1. The topological polar surface area (TPSA) is 102 Å². The molecular weight excluding hydrogens is 480 g/mol. The summed E-state index contributed by atoms with van der Waals surface area (Å²) in [6.07, 6.45) is 1.89. The van der Waals surface area contributed by atoms with Crippen molar-refractivity contribution < 1.29 is 18.9 Å². The molecule has 1 atom stereocenters. The number of morpholine rings is 1. The Morgan fingerprint density at radius 3 is 2.47 bits per heavy atom. The molecule has 2 aromatic rings. The van der Waals surface area contributed by atoms with E-state index >= 15 is 0 Å². The summed E-state index contributed by atoms with van der Waals surface area (Å²) in [5, 5.41) is 12.5. The van der Waals surface area contributed by atoms with E-state index in [0.29, 0.717) is 23.2 Å². The fraction of sp³-hybridized carbons (Fsp3) is 0.360. The van der Waals surface area contributed by atoms with Crippen LogP contribution in [0.3, 0.4) is 0 Å². The number of fused-ring (bicyclic) bond motifs is 1. The van der Waals surface area contributed by atoms with Crippen molar-refractivity contribution in [2.75, 3.05) is 63.2 Å². The van der Waals surface area contributed by atoms with Crippen molar-refractivity contribution in [2.45, 2.75) is 13.0 Å².